The van der Waals surface area contributed by atoms with Crippen molar-refractivity contribution in [2.45, 2.75) is 45.1 Å². The summed E-state index contributed by atoms with van der Waals surface area (Å²) in [6.45, 7) is 8.42. The Morgan fingerprint density at radius 3 is 2.39 bits per heavy atom. The van der Waals surface area contributed by atoms with E-state index in [0.29, 0.717) is 0 Å². The number of hydrogen-bond donors (Lipinski definition) is 1. The van der Waals surface area contributed by atoms with Gasteiger partial charge in [-0.25, -0.2) is 0 Å². The van der Waals surface area contributed by atoms with Crippen molar-refractivity contribution >= 4 is 0 Å². The second-order valence-electron chi connectivity index (χ2n) is 6.58. The lowest BCUT2D eigenvalue weighted by Gasteiger charge is -2.34. The van der Waals surface area contributed by atoms with Crippen LogP contribution in [0.25, 0.3) is 0 Å². The molecule has 1 aliphatic heterocycles. The molecule has 3 heteroatoms. The number of likely N-dealkylation sites (N-methyl/N-ethyl adjacent to an activating group) is 1. The van der Waals surface area contributed by atoms with Gasteiger partial charge in [0.25, 0.3) is 0 Å². The zero-order valence-electron chi connectivity index (χ0n) is 12.3. The first-order valence-electron chi connectivity index (χ1n) is 7.81. The molecular weight excluding hydrogens is 222 g/mol. The first kappa shape index (κ1) is 14.3. The van der Waals surface area contributed by atoms with Crippen LogP contribution in [-0.4, -0.2) is 55.6 Å². The zero-order valence-corrected chi connectivity index (χ0v) is 12.3. The molecular formula is C15H31N3. The summed E-state index contributed by atoms with van der Waals surface area (Å²) in [7, 11) is 2.26. The summed E-state index contributed by atoms with van der Waals surface area (Å²) in [6.07, 6.45) is 6.87. The molecule has 1 heterocycles. The van der Waals surface area contributed by atoms with Crippen LogP contribution in [0.2, 0.25) is 0 Å². The molecule has 1 saturated heterocycles. The van der Waals surface area contributed by atoms with Crippen molar-refractivity contribution in [2.75, 3.05) is 39.8 Å². The van der Waals surface area contributed by atoms with Gasteiger partial charge < -0.3 is 10.6 Å². The smallest absolute Gasteiger partial charge is 0.0194 e. The minimum absolute atomic E-state index is 0.727. The third-order valence-electron chi connectivity index (χ3n) is 4.98. The van der Waals surface area contributed by atoms with Gasteiger partial charge in [0, 0.05) is 19.1 Å². The predicted molar refractivity (Wildman–Crippen MR) is 77.7 cm³/mol. The van der Waals surface area contributed by atoms with Crippen molar-refractivity contribution in [3.8, 4) is 0 Å². The van der Waals surface area contributed by atoms with Crippen molar-refractivity contribution in [1.82, 2.24) is 9.80 Å². The summed E-state index contributed by atoms with van der Waals surface area (Å²) in [5.74, 6) is 1.74. The number of rotatable bonds is 3. The lowest BCUT2D eigenvalue weighted by atomic mass is 9.81. The van der Waals surface area contributed by atoms with Crippen molar-refractivity contribution in [2.24, 2.45) is 17.6 Å². The van der Waals surface area contributed by atoms with E-state index in [9.17, 15) is 0 Å². The number of hydrogen-bond acceptors (Lipinski definition) is 3. The van der Waals surface area contributed by atoms with E-state index in [0.717, 1.165) is 24.4 Å². The van der Waals surface area contributed by atoms with Crippen LogP contribution in [-0.2, 0) is 0 Å². The fourth-order valence-corrected chi connectivity index (χ4v) is 3.67. The Bertz CT molecular complexity index is 236. The van der Waals surface area contributed by atoms with Gasteiger partial charge in [-0.05, 0) is 77.5 Å². The summed E-state index contributed by atoms with van der Waals surface area (Å²) in [6, 6.07) is 0.727. The molecule has 0 aromatic carbocycles. The van der Waals surface area contributed by atoms with E-state index in [1.807, 2.05) is 0 Å². The van der Waals surface area contributed by atoms with Crippen molar-refractivity contribution in [3.05, 3.63) is 0 Å². The predicted octanol–water partition coefficient (Wildman–Crippen LogP) is 1.78. The van der Waals surface area contributed by atoms with Crippen LogP contribution in [0.4, 0.5) is 0 Å². The molecule has 1 saturated carbocycles. The molecule has 0 bridgehead atoms. The van der Waals surface area contributed by atoms with Gasteiger partial charge >= 0.3 is 0 Å². The highest BCUT2D eigenvalue weighted by atomic mass is 15.2. The molecule has 1 unspecified atom stereocenters. The summed E-state index contributed by atoms with van der Waals surface area (Å²) in [5, 5.41) is 0. The zero-order chi connectivity index (χ0) is 13.0. The van der Waals surface area contributed by atoms with Gasteiger partial charge in [0.2, 0.25) is 0 Å². The van der Waals surface area contributed by atoms with Crippen LogP contribution in [0, 0.1) is 11.8 Å². The summed E-state index contributed by atoms with van der Waals surface area (Å²) in [4.78, 5) is 5.22. The van der Waals surface area contributed by atoms with E-state index >= 15 is 0 Å². The molecule has 106 valence electrons. The molecule has 0 aromatic rings. The van der Waals surface area contributed by atoms with Gasteiger partial charge in [-0.15, -0.1) is 0 Å². The van der Waals surface area contributed by atoms with Gasteiger partial charge in [0.15, 0.2) is 0 Å². The first-order chi connectivity index (χ1) is 8.69. The van der Waals surface area contributed by atoms with Gasteiger partial charge in [-0.3, -0.25) is 4.90 Å². The highest BCUT2D eigenvalue weighted by Crippen LogP contribution is 2.29. The average Bonchev–Trinajstić information content (AvgIpc) is 2.52. The largest absolute Gasteiger partial charge is 0.330 e. The third kappa shape index (κ3) is 3.94. The van der Waals surface area contributed by atoms with E-state index in [-0.39, 0.29) is 0 Å². The SMILES string of the molecule is CC1CN(C)CCCN1CC1CCC(CN)CC1. The average molecular weight is 253 g/mol. The molecule has 2 fully saturated rings. The quantitative estimate of drug-likeness (QED) is 0.832. The fourth-order valence-electron chi connectivity index (χ4n) is 3.67. The molecule has 2 aliphatic rings. The molecule has 0 radical (unpaired) electrons. The molecule has 1 aliphatic carbocycles. The maximum atomic E-state index is 5.78. The Kier molecular flexibility index (Phi) is 5.46. The standard InChI is InChI=1S/C15H31N3/c1-13-11-17(2)8-3-9-18(13)12-15-6-4-14(10-16)5-7-15/h13-15H,3-12,16H2,1-2H3. The molecule has 0 spiro atoms. The summed E-state index contributed by atoms with van der Waals surface area (Å²) in [5.41, 5.74) is 5.78. The van der Waals surface area contributed by atoms with E-state index in [4.69, 9.17) is 5.73 Å². The second-order valence-corrected chi connectivity index (χ2v) is 6.58. The molecule has 3 nitrogen and oxygen atoms in total. The lowest BCUT2D eigenvalue weighted by Crippen LogP contribution is -2.41. The van der Waals surface area contributed by atoms with Crippen LogP contribution in [0.1, 0.15) is 39.0 Å². The topological polar surface area (TPSA) is 32.5 Å². The van der Waals surface area contributed by atoms with Gasteiger partial charge in [-0.2, -0.15) is 0 Å². The fraction of sp³-hybridized carbons (Fsp3) is 1.00. The highest BCUT2D eigenvalue weighted by molar-refractivity contribution is 4.80. The van der Waals surface area contributed by atoms with E-state index in [2.05, 4.69) is 23.8 Å². The third-order valence-corrected chi connectivity index (χ3v) is 4.98. The molecule has 18 heavy (non-hydrogen) atoms. The summed E-state index contributed by atoms with van der Waals surface area (Å²) < 4.78 is 0. The van der Waals surface area contributed by atoms with Crippen molar-refractivity contribution < 1.29 is 0 Å². The Hall–Kier alpha value is -0.120. The molecule has 2 N–H and O–H groups in total. The van der Waals surface area contributed by atoms with Crippen LogP contribution in [0.3, 0.4) is 0 Å². The number of nitrogens with zero attached hydrogens (tertiary/aromatic N) is 2. The van der Waals surface area contributed by atoms with Crippen molar-refractivity contribution in [1.29, 1.82) is 0 Å². The summed E-state index contributed by atoms with van der Waals surface area (Å²) >= 11 is 0. The van der Waals surface area contributed by atoms with Gasteiger partial charge in [0.1, 0.15) is 0 Å². The molecule has 2 rings (SSSR count). The van der Waals surface area contributed by atoms with Crippen LogP contribution < -0.4 is 5.73 Å². The van der Waals surface area contributed by atoms with Gasteiger partial charge in [0.05, 0.1) is 0 Å². The number of nitrogens with two attached hydrogens (primary N) is 1. The first-order valence-corrected chi connectivity index (χ1v) is 7.81. The second kappa shape index (κ2) is 6.88. The Labute approximate surface area is 113 Å². The maximum Gasteiger partial charge on any atom is 0.0194 e. The molecule has 1 atom stereocenters. The Morgan fingerprint density at radius 2 is 1.72 bits per heavy atom. The van der Waals surface area contributed by atoms with Crippen LogP contribution in [0.15, 0.2) is 0 Å². The van der Waals surface area contributed by atoms with Crippen LogP contribution in [0.5, 0.6) is 0 Å². The Balaban J connectivity index is 1.78. The minimum atomic E-state index is 0.727. The van der Waals surface area contributed by atoms with Crippen molar-refractivity contribution in [3.63, 3.8) is 0 Å². The monoisotopic (exact) mass is 253 g/mol. The van der Waals surface area contributed by atoms with E-state index in [1.54, 1.807) is 0 Å². The molecule has 0 amide bonds. The highest BCUT2D eigenvalue weighted by Gasteiger charge is 2.25. The van der Waals surface area contributed by atoms with E-state index < -0.39 is 0 Å². The maximum absolute atomic E-state index is 5.78. The normalized spacial score (nSPS) is 36.5. The van der Waals surface area contributed by atoms with Gasteiger partial charge in [-0.1, -0.05) is 0 Å². The lowest BCUT2D eigenvalue weighted by molar-refractivity contribution is 0.145. The Morgan fingerprint density at radius 1 is 1.06 bits per heavy atom. The van der Waals surface area contributed by atoms with Crippen LogP contribution >= 0.6 is 0 Å². The van der Waals surface area contributed by atoms with E-state index in [1.165, 1.54) is 58.3 Å². The minimum Gasteiger partial charge on any atom is -0.330 e. The molecule has 0 aromatic heterocycles.